The number of halogens is 2. The zero-order chi connectivity index (χ0) is 17.3. The van der Waals surface area contributed by atoms with E-state index >= 15 is 0 Å². The molecule has 0 aliphatic heterocycles. The number of aryl methyl sites for hydroxylation is 1. The summed E-state index contributed by atoms with van der Waals surface area (Å²) < 4.78 is 20.8. The maximum atomic E-state index is 13.7. The fourth-order valence-corrected chi connectivity index (χ4v) is 2.64. The van der Waals surface area contributed by atoms with E-state index < -0.39 is 11.8 Å². The predicted molar refractivity (Wildman–Crippen MR) is 89.4 cm³/mol. The first kappa shape index (κ1) is 16.3. The van der Waals surface area contributed by atoms with Crippen LogP contribution in [-0.2, 0) is 11.3 Å². The Morgan fingerprint density at radius 3 is 2.83 bits per heavy atom. The minimum absolute atomic E-state index is 0.174. The minimum Gasteiger partial charge on any atom is -0.455 e. The first-order valence-corrected chi connectivity index (χ1v) is 7.85. The standard InChI is InChI=1S/C17H12BrFN2O3/c1-10-3-2-4-15-20-12(8-16(22)21(10)15)9-24-17(23)13-6-5-11(18)7-14(13)19/h2-8H,9H2,1H3. The summed E-state index contributed by atoms with van der Waals surface area (Å²) in [5.74, 6) is -1.50. The second kappa shape index (κ2) is 6.52. The maximum Gasteiger partial charge on any atom is 0.341 e. The van der Waals surface area contributed by atoms with Gasteiger partial charge in [0.1, 0.15) is 18.1 Å². The fraction of sp³-hybridized carbons (Fsp3) is 0.118. The van der Waals surface area contributed by atoms with Gasteiger partial charge in [0.05, 0.1) is 11.3 Å². The molecule has 0 saturated heterocycles. The highest BCUT2D eigenvalue weighted by molar-refractivity contribution is 9.10. The number of rotatable bonds is 3. The molecule has 5 nitrogen and oxygen atoms in total. The summed E-state index contributed by atoms with van der Waals surface area (Å²) in [7, 11) is 0. The van der Waals surface area contributed by atoms with Crippen molar-refractivity contribution in [1.82, 2.24) is 9.38 Å². The lowest BCUT2D eigenvalue weighted by Gasteiger charge is -2.08. The van der Waals surface area contributed by atoms with Crippen molar-refractivity contribution in [1.29, 1.82) is 0 Å². The summed E-state index contributed by atoms with van der Waals surface area (Å²) in [6, 6.07) is 10.6. The van der Waals surface area contributed by atoms with E-state index in [1.165, 1.54) is 22.6 Å². The van der Waals surface area contributed by atoms with Crippen LogP contribution in [-0.4, -0.2) is 15.4 Å². The van der Waals surface area contributed by atoms with Crippen molar-refractivity contribution in [3.05, 3.63) is 80.1 Å². The largest absolute Gasteiger partial charge is 0.455 e. The van der Waals surface area contributed by atoms with E-state index in [9.17, 15) is 14.0 Å². The molecule has 3 aromatic rings. The van der Waals surface area contributed by atoms with E-state index in [2.05, 4.69) is 20.9 Å². The highest BCUT2D eigenvalue weighted by Crippen LogP contribution is 2.16. The number of esters is 1. The lowest BCUT2D eigenvalue weighted by atomic mass is 10.2. The van der Waals surface area contributed by atoms with Crippen molar-refractivity contribution in [2.75, 3.05) is 0 Å². The van der Waals surface area contributed by atoms with Gasteiger partial charge in [-0.15, -0.1) is 0 Å². The lowest BCUT2D eigenvalue weighted by molar-refractivity contribution is 0.0462. The second-order valence-corrected chi connectivity index (χ2v) is 6.06. The SMILES string of the molecule is Cc1cccc2nc(COC(=O)c3ccc(Br)cc3F)cc(=O)n12. The topological polar surface area (TPSA) is 60.7 Å². The number of carbonyl (C=O) groups excluding carboxylic acids is 1. The molecule has 0 bridgehead atoms. The number of hydrogen-bond acceptors (Lipinski definition) is 4. The van der Waals surface area contributed by atoms with Crippen LogP contribution in [0.5, 0.6) is 0 Å². The Hall–Kier alpha value is -2.54. The molecule has 0 radical (unpaired) electrons. The van der Waals surface area contributed by atoms with Gasteiger partial charge in [-0.2, -0.15) is 0 Å². The quantitative estimate of drug-likeness (QED) is 0.644. The Bertz CT molecular complexity index is 1000. The zero-order valence-corrected chi connectivity index (χ0v) is 14.2. The van der Waals surface area contributed by atoms with Crippen molar-refractivity contribution in [3.63, 3.8) is 0 Å². The first-order valence-electron chi connectivity index (χ1n) is 7.06. The lowest BCUT2D eigenvalue weighted by Crippen LogP contribution is -2.18. The number of nitrogens with zero attached hydrogens (tertiary/aromatic N) is 2. The van der Waals surface area contributed by atoms with Crippen LogP contribution in [0.4, 0.5) is 4.39 Å². The molecule has 0 N–H and O–H groups in total. The molecule has 2 heterocycles. The molecule has 122 valence electrons. The Labute approximate surface area is 144 Å². The molecule has 0 aliphatic carbocycles. The molecule has 0 aliphatic rings. The van der Waals surface area contributed by atoms with Crippen LogP contribution in [0.2, 0.25) is 0 Å². The smallest absolute Gasteiger partial charge is 0.341 e. The van der Waals surface area contributed by atoms with E-state index in [1.807, 2.05) is 0 Å². The fourth-order valence-electron chi connectivity index (χ4n) is 2.31. The van der Waals surface area contributed by atoms with Gasteiger partial charge in [0.25, 0.3) is 5.56 Å². The van der Waals surface area contributed by atoms with E-state index in [-0.39, 0.29) is 17.7 Å². The van der Waals surface area contributed by atoms with Crippen LogP contribution in [0.15, 0.2) is 51.7 Å². The van der Waals surface area contributed by atoms with Gasteiger partial charge in [0.15, 0.2) is 0 Å². The Morgan fingerprint density at radius 1 is 1.29 bits per heavy atom. The van der Waals surface area contributed by atoms with Crippen molar-refractivity contribution in [2.45, 2.75) is 13.5 Å². The second-order valence-electron chi connectivity index (χ2n) is 5.15. The summed E-state index contributed by atoms with van der Waals surface area (Å²) in [5.41, 5.74) is 1.08. The molecule has 0 unspecified atom stereocenters. The molecule has 0 amide bonds. The van der Waals surface area contributed by atoms with Gasteiger partial charge in [0.2, 0.25) is 0 Å². The molecule has 0 saturated carbocycles. The van der Waals surface area contributed by atoms with Gasteiger partial charge in [-0.3, -0.25) is 9.20 Å². The highest BCUT2D eigenvalue weighted by atomic mass is 79.9. The maximum absolute atomic E-state index is 13.7. The van der Waals surface area contributed by atoms with Gasteiger partial charge in [-0.25, -0.2) is 14.2 Å². The average Bonchev–Trinajstić information content (AvgIpc) is 2.52. The summed E-state index contributed by atoms with van der Waals surface area (Å²) in [6.45, 7) is 1.58. The highest BCUT2D eigenvalue weighted by Gasteiger charge is 2.14. The van der Waals surface area contributed by atoms with Gasteiger partial charge >= 0.3 is 5.97 Å². The predicted octanol–water partition coefficient (Wildman–Crippen LogP) is 3.26. The normalized spacial score (nSPS) is 10.8. The molecule has 3 rings (SSSR count). The molecule has 7 heteroatoms. The molecule has 0 atom stereocenters. The third-order valence-electron chi connectivity index (χ3n) is 3.44. The molecule has 0 spiro atoms. The van der Waals surface area contributed by atoms with E-state index in [1.54, 1.807) is 31.2 Å². The minimum atomic E-state index is -0.814. The van der Waals surface area contributed by atoms with Crippen LogP contribution in [0.1, 0.15) is 21.7 Å². The van der Waals surface area contributed by atoms with Crippen LogP contribution < -0.4 is 5.56 Å². The number of ether oxygens (including phenoxy) is 1. The molecule has 2 aromatic heterocycles. The van der Waals surface area contributed by atoms with Gasteiger partial charge < -0.3 is 4.74 Å². The van der Waals surface area contributed by atoms with Crippen molar-refractivity contribution in [2.24, 2.45) is 0 Å². The first-order chi connectivity index (χ1) is 11.5. The Morgan fingerprint density at radius 2 is 2.08 bits per heavy atom. The Balaban J connectivity index is 1.83. The van der Waals surface area contributed by atoms with Gasteiger partial charge in [-0.05, 0) is 37.3 Å². The number of pyridine rings is 1. The third-order valence-corrected chi connectivity index (χ3v) is 3.93. The van der Waals surface area contributed by atoms with E-state index in [4.69, 9.17) is 4.74 Å². The number of hydrogen-bond donors (Lipinski definition) is 0. The molecule has 1 aromatic carbocycles. The summed E-state index contributed by atoms with van der Waals surface area (Å²) in [4.78, 5) is 28.4. The van der Waals surface area contributed by atoms with Crippen molar-refractivity contribution < 1.29 is 13.9 Å². The number of carbonyl (C=O) groups is 1. The number of benzene rings is 1. The van der Waals surface area contributed by atoms with Crippen molar-refractivity contribution >= 4 is 27.5 Å². The van der Waals surface area contributed by atoms with E-state index in [0.717, 1.165) is 5.69 Å². The number of fused-ring (bicyclic) bond motifs is 1. The zero-order valence-electron chi connectivity index (χ0n) is 12.6. The summed E-state index contributed by atoms with van der Waals surface area (Å²) in [6.07, 6.45) is 0. The van der Waals surface area contributed by atoms with Crippen molar-refractivity contribution in [3.8, 4) is 0 Å². The summed E-state index contributed by atoms with van der Waals surface area (Å²) in [5, 5.41) is 0. The molecule has 0 fully saturated rings. The van der Waals surface area contributed by atoms with Crippen LogP contribution in [0.25, 0.3) is 5.65 Å². The number of aromatic nitrogens is 2. The van der Waals surface area contributed by atoms with Crippen LogP contribution in [0, 0.1) is 12.7 Å². The van der Waals surface area contributed by atoms with Gasteiger partial charge in [0, 0.05) is 16.2 Å². The molecular weight excluding hydrogens is 379 g/mol. The average molecular weight is 391 g/mol. The molecular formula is C17H12BrFN2O3. The Kier molecular flexibility index (Phi) is 4.44. The monoisotopic (exact) mass is 390 g/mol. The summed E-state index contributed by atoms with van der Waals surface area (Å²) >= 11 is 3.12. The molecule has 24 heavy (non-hydrogen) atoms. The van der Waals surface area contributed by atoms with E-state index in [0.29, 0.717) is 15.8 Å². The van der Waals surface area contributed by atoms with Gasteiger partial charge in [-0.1, -0.05) is 22.0 Å². The third kappa shape index (κ3) is 3.21. The van der Waals surface area contributed by atoms with Crippen LogP contribution in [0.3, 0.4) is 0 Å². The van der Waals surface area contributed by atoms with Crippen LogP contribution >= 0.6 is 15.9 Å².